The summed E-state index contributed by atoms with van der Waals surface area (Å²) in [5.74, 6) is -1.95. The number of ether oxygens (including phenoxy) is 2. The fraction of sp³-hybridized carbons (Fsp3) is 0.444. The molecule has 224 valence electrons. The van der Waals surface area contributed by atoms with Gasteiger partial charge in [0, 0.05) is 62.7 Å². The molecule has 4 heterocycles. The monoisotopic (exact) mass is 620 g/mol. The first kappa shape index (κ1) is 29.9. The van der Waals surface area contributed by atoms with Crippen LogP contribution in [0, 0.1) is 5.82 Å². The van der Waals surface area contributed by atoms with Crippen LogP contribution in [0.1, 0.15) is 23.5 Å². The van der Waals surface area contributed by atoms with Crippen molar-refractivity contribution in [1.29, 1.82) is 0 Å². The summed E-state index contributed by atoms with van der Waals surface area (Å²) < 4.78 is 25.0. The topological polar surface area (TPSA) is 137 Å². The van der Waals surface area contributed by atoms with Gasteiger partial charge in [-0.05, 0) is 13.0 Å². The molecule has 5 rings (SSSR count). The molecule has 0 spiro atoms. The highest BCUT2D eigenvalue weighted by molar-refractivity contribution is 7.11. The van der Waals surface area contributed by atoms with E-state index >= 15 is 0 Å². The molecule has 3 atom stereocenters. The molecule has 3 aliphatic heterocycles. The summed E-state index contributed by atoms with van der Waals surface area (Å²) in [5.41, 5.74) is 1.04. The number of amidine groups is 1. The number of nitrogens with zero attached hydrogens (tertiary/aromatic N) is 5. The molecule has 0 bridgehead atoms. The molecule has 3 aliphatic rings. The molecule has 2 amide bonds. The van der Waals surface area contributed by atoms with Crippen molar-refractivity contribution in [3.8, 4) is 0 Å². The van der Waals surface area contributed by atoms with Crippen LogP contribution in [0.4, 0.5) is 9.18 Å². The molecule has 0 aliphatic carbocycles. The van der Waals surface area contributed by atoms with Gasteiger partial charge in [-0.25, -0.2) is 23.8 Å². The zero-order valence-electron chi connectivity index (χ0n) is 23.0. The van der Waals surface area contributed by atoms with Gasteiger partial charge in [0.2, 0.25) is 0 Å². The van der Waals surface area contributed by atoms with E-state index in [4.69, 9.17) is 26.1 Å². The van der Waals surface area contributed by atoms with Crippen molar-refractivity contribution < 1.29 is 33.4 Å². The Kier molecular flexibility index (Phi) is 9.06. The van der Waals surface area contributed by atoms with Gasteiger partial charge in [0.25, 0.3) is 0 Å². The first-order chi connectivity index (χ1) is 20.2. The first-order valence-electron chi connectivity index (χ1n) is 13.3. The summed E-state index contributed by atoms with van der Waals surface area (Å²) >= 11 is 7.75. The molecule has 1 aromatic carbocycles. The Labute approximate surface area is 250 Å². The van der Waals surface area contributed by atoms with Crippen LogP contribution in [0.3, 0.4) is 0 Å². The number of fused-ring (bicyclic) bond motifs is 1. The minimum absolute atomic E-state index is 0.0545. The highest BCUT2D eigenvalue weighted by Gasteiger charge is 2.43. The van der Waals surface area contributed by atoms with Gasteiger partial charge < -0.3 is 29.7 Å². The number of carbonyl (C=O) groups is 3. The number of amides is 2. The Morgan fingerprint density at radius 1 is 1.31 bits per heavy atom. The van der Waals surface area contributed by atoms with Crippen LogP contribution < -0.4 is 5.32 Å². The summed E-state index contributed by atoms with van der Waals surface area (Å²) in [6, 6.07) is 3.01. The summed E-state index contributed by atoms with van der Waals surface area (Å²) in [6.07, 6.45) is 0.518. The molecule has 2 aromatic rings. The van der Waals surface area contributed by atoms with Gasteiger partial charge in [0.1, 0.15) is 11.9 Å². The van der Waals surface area contributed by atoms with E-state index in [2.05, 4.69) is 15.2 Å². The van der Waals surface area contributed by atoms with Gasteiger partial charge in [0.15, 0.2) is 16.9 Å². The van der Waals surface area contributed by atoms with Crippen molar-refractivity contribution >= 4 is 46.7 Å². The number of carboxylic acid groups (broad SMARTS) is 1. The van der Waals surface area contributed by atoms with Gasteiger partial charge >= 0.3 is 18.0 Å². The van der Waals surface area contributed by atoms with Gasteiger partial charge in [-0.15, -0.1) is 11.3 Å². The van der Waals surface area contributed by atoms with E-state index in [0.717, 1.165) is 0 Å². The maximum Gasteiger partial charge on any atom is 0.338 e. The number of aliphatic carboxylic acids is 1. The van der Waals surface area contributed by atoms with E-state index in [9.17, 15) is 23.9 Å². The average Bonchev–Trinajstić information content (AvgIpc) is 3.61. The fourth-order valence-corrected chi connectivity index (χ4v) is 6.21. The number of urea groups is 1. The number of halogens is 2. The zero-order valence-corrected chi connectivity index (χ0v) is 24.5. The van der Waals surface area contributed by atoms with E-state index in [1.807, 2.05) is 0 Å². The molecule has 12 nitrogen and oxygen atoms in total. The van der Waals surface area contributed by atoms with E-state index in [-0.39, 0.29) is 42.4 Å². The molecule has 42 heavy (non-hydrogen) atoms. The van der Waals surface area contributed by atoms with Crippen molar-refractivity contribution in [2.75, 3.05) is 53.0 Å². The van der Waals surface area contributed by atoms with E-state index in [1.165, 1.54) is 35.5 Å². The van der Waals surface area contributed by atoms with Crippen LogP contribution in [0.5, 0.6) is 0 Å². The Hall–Kier alpha value is -3.59. The number of nitrogens with one attached hydrogen (secondary N) is 1. The number of piperazine rings is 1. The van der Waals surface area contributed by atoms with Crippen LogP contribution in [-0.4, -0.2) is 114 Å². The highest BCUT2D eigenvalue weighted by Crippen LogP contribution is 2.37. The number of aromatic nitrogens is 1. The molecule has 0 saturated carbocycles. The van der Waals surface area contributed by atoms with Crippen molar-refractivity contribution in [3.05, 3.63) is 62.5 Å². The van der Waals surface area contributed by atoms with Crippen LogP contribution in [-0.2, 0) is 19.1 Å². The summed E-state index contributed by atoms with van der Waals surface area (Å²) in [5, 5.41) is 14.9. The largest absolute Gasteiger partial charge is 0.479 e. The zero-order chi connectivity index (χ0) is 30.0. The highest BCUT2D eigenvalue weighted by atomic mass is 35.5. The molecule has 1 aromatic heterocycles. The van der Waals surface area contributed by atoms with Gasteiger partial charge in [0.05, 0.1) is 29.8 Å². The predicted octanol–water partition coefficient (Wildman–Crippen LogP) is 2.37. The standard InChI is InChI=1S/C27H30ClFN6O6S/c1-3-41-26(38)20-18(13-33-8-9-35-15(11-33)12-34(27(35)39)14-19(40-2)25(36)37)31-23(24-30-7-10-42-24)32-22(20)16-5-4-6-17(29)21(16)28/h4-7,10,15,19,22H,3,8-9,11-14H2,1-2H3,(H,31,32)(H,36,37)/t15-,19?,22-/m0/s1. The lowest BCUT2D eigenvalue weighted by molar-refractivity contribution is -0.149. The SMILES string of the molecule is CCOC(=O)C1=C(CN2CCN3C(=O)N(CC(OC)C(=O)O)C[C@@H]3C2)NC(c2nccs2)=N[C@H]1c1cccc(F)c1Cl. The Balaban J connectivity index is 1.45. The fourth-order valence-electron chi connectivity index (χ4n) is 5.39. The third-order valence-corrected chi connectivity index (χ3v) is 8.55. The smallest absolute Gasteiger partial charge is 0.338 e. The Morgan fingerprint density at radius 2 is 2.12 bits per heavy atom. The van der Waals surface area contributed by atoms with Gasteiger partial charge in [-0.3, -0.25) is 9.89 Å². The van der Waals surface area contributed by atoms with Crippen LogP contribution in [0.15, 0.2) is 46.0 Å². The maximum atomic E-state index is 14.6. The first-order valence-corrected chi connectivity index (χ1v) is 14.6. The number of aliphatic imine (C=N–C) groups is 1. The Bertz CT molecular complexity index is 1420. The van der Waals surface area contributed by atoms with Crippen molar-refractivity contribution in [3.63, 3.8) is 0 Å². The molecule has 15 heteroatoms. The molecule has 2 saturated heterocycles. The average molecular weight is 621 g/mol. The lowest BCUT2D eigenvalue weighted by Crippen LogP contribution is -2.53. The lowest BCUT2D eigenvalue weighted by Gasteiger charge is -2.38. The van der Waals surface area contributed by atoms with E-state index in [1.54, 1.807) is 29.5 Å². The number of thiazole rings is 1. The molecule has 2 N–H and O–H groups in total. The molecule has 0 radical (unpaired) electrons. The van der Waals surface area contributed by atoms with Gasteiger partial charge in [-0.1, -0.05) is 23.7 Å². The summed E-state index contributed by atoms with van der Waals surface area (Å²) in [6.45, 7) is 3.77. The number of hydrogen-bond acceptors (Lipinski definition) is 10. The number of rotatable bonds is 10. The molecule has 2 fully saturated rings. The second kappa shape index (κ2) is 12.7. The van der Waals surface area contributed by atoms with Crippen molar-refractivity contribution in [1.82, 2.24) is 25.0 Å². The summed E-state index contributed by atoms with van der Waals surface area (Å²) in [4.78, 5) is 52.3. The summed E-state index contributed by atoms with van der Waals surface area (Å²) in [7, 11) is 1.30. The van der Waals surface area contributed by atoms with E-state index < -0.39 is 29.9 Å². The minimum Gasteiger partial charge on any atom is -0.479 e. The number of benzene rings is 1. The molecular formula is C27H30ClFN6O6S. The van der Waals surface area contributed by atoms with Crippen LogP contribution in [0.2, 0.25) is 5.02 Å². The number of carbonyl (C=O) groups excluding carboxylic acids is 2. The third kappa shape index (κ3) is 5.98. The van der Waals surface area contributed by atoms with Crippen LogP contribution >= 0.6 is 22.9 Å². The van der Waals surface area contributed by atoms with Crippen LogP contribution in [0.25, 0.3) is 0 Å². The number of methoxy groups -OCH3 is 1. The lowest BCUT2D eigenvalue weighted by atomic mass is 9.95. The maximum absolute atomic E-state index is 14.6. The quantitative estimate of drug-likeness (QED) is 0.384. The second-order valence-electron chi connectivity index (χ2n) is 9.93. The van der Waals surface area contributed by atoms with Gasteiger partial charge in [-0.2, -0.15) is 0 Å². The van der Waals surface area contributed by atoms with Crippen molar-refractivity contribution in [2.45, 2.75) is 25.1 Å². The number of esters is 1. The predicted molar refractivity (Wildman–Crippen MR) is 152 cm³/mol. The number of carboxylic acids is 1. The van der Waals surface area contributed by atoms with E-state index in [0.29, 0.717) is 48.3 Å². The molecule has 1 unspecified atom stereocenters. The minimum atomic E-state index is -1.13. The molecular weight excluding hydrogens is 591 g/mol. The second-order valence-corrected chi connectivity index (χ2v) is 11.2. The van der Waals surface area contributed by atoms with Crippen molar-refractivity contribution in [2.24, 2.45) is 4.99 Å². The Morgan fingerprint density at radius 3 is 2.81 bits per heavy atom. The third-order valence-electron chi connectivity index (χ3n) is 7.37. The normalized spacial score (nSPS) is 21.6. The number of hydrogen-bond donors (Lipinski definition) is 2.